The van der Waals surface area contributed by atoms with Gasteiger partial charge in [0.05, 0.1) is 0 Å². The van der Waals surface area contributed by atoms with Crippen molar-refractivity contribution < 1.29 is 47.8 Å². The van der Waals surface area contributed by atoms with Crippen LogP contribution in [-0.4, -0.2) is 5.49 Å². The fourth-order valence-electron chi connectivity index (χ4n) is 8.41. The molecule has 60 heavy (non-hydrogen) atoms. The minimum absolute atomic E-state index is 0. The Morgan fingerprint density at radius 3 is 1.30 bits per heavy atom. The van der Waals surface area contributed by atoms with Crippen molar-refractivity contribution in [1.82, 2.24) is 0 Å². The first-order chi connectivity index (χ1) is 28.6. The van der Waals surface area contributed by atoms with Crippen LogP contribution in [0.1, 0.15) is 62.5 Å². The van der Waals surface area contributed by atoms with Crippen LogP contribution in [0, 0.1) is 12.2 Å². The Bertz CT molecular complexity index is 2510. The molecule has 0 amide bonds. The van der Waals surface area contributed by atoms with Crippen molar-refractivity contribution in [3.63, 3.8) is 0 Å². The molecule has 0 aliphatic heterocycles. The molecular weight excluding hydrogens is 950 g/mol. The Morgan fingerprint density at radius 1 is 0.500 bits per heavy atom. The second-order valence-electron chi connectivity index (χ2n) is 15.0. The Balaban J connectivity index is 0.000000152. The van der Waals surface area contributed by atoms with E-state index in [1.807, 2.05) is 0 Å². The van der Waals surface area contributed by atoms with Gasteiger partial charge in [-0.15, -0.1) is 47.6 Å². The number of hydrogen-bond acceptors (Lipinski definition) is 0. The van der Waals surface area contributed by atoms with Crippen molar-refractivity contribution >= 4 is 37.4 Å². The summed E-state index contributed by atoms with van der Waals surface area (Å²) in [7, 11) is 0. The van der Waals surface area contributed by atoms with Gasteiger partial charge in [0, 0.05) is 0 Å². The molecule has 4 heteroatoms. The van der Waals surface area contributed by atoms with Crippen LogP contribution in [0.25, 0.3) is 21.5 Å². The summed E-state index contributed by atoms with van der Waals surface area (Å²) in [6.07, 6.45) is 29.4. The van der Waals surface area contributed by atoms with Gasteiger partial charge in [-0.05, 0) is 70.2 Å². The molecule has 0 radical (unpaired) electrons. The SMILES string of the molecule is CCC1=[C-]C2=CC=CCC(c3cccc4ccccc34)C2=C1.CCC1=[C-]C2=CC=CCC(c3cccc4ccccc34)C2=C1.[Cl-].[Cl-].[Hf+2]=[Si](c1ccccc1)c1ccccc1. The third kappa shape index (κ3) is 10.3. The molecular formula is C56H48Cl2HfSi-2. The number of rotatable bonds is 6. The van der Waals surface area contributed by atoms with Crippen molar-refractivity contribution in [2.45, 2.75) is 51.4 Å². The normalized spacial score (nSPS) is 17.1. The third-order valence-corrected chi connectivity index (χ3v) is 19.5. The van der Waals surface area contributed by atoms with E-state index in [1.54, 1.807) is 0 Å². The first-order valence-corrected chi connectivity index (χ1v) is 27.6. The van der Waals surface area contributed by atoms with Crippen molar-refractivity contribution in [2.75, 3.05) is 0 Å². The van der Waals surface area contributed by atoms with Crippen LogP contribution in [-0.2, 0) is 23.0 Å². The molecule has 0 fully saturated rings. The Morgan fingerprint density at radius 2 is 0.883 bits per heavy atom. The number of allylic oxidation sites excluding steroid dienone is 16. The molecule has 0 aromatic heterocycles. The van der Waals surface area contributed by atoms with E-state index < -0.39 is 5.49 Å². The van der Waals surface area contributed by atoms with Gasteiger partial charge in [-0.1, -0.05) is 111 Å². The average Bonchev–Trinajstić information content (AvgIpc) is 3.78. The monoisotopic (exact) mass is 998 g/mol. The predicted molar refractivity (Wildman–Crippen MR) is 245 cm³/mol. The van der Waals surface area contributed by atoms with E-state index in [1.165, 1.54) is 99.5 Å². The Kier molecular flexibility index (Phi) is 16.3. The summed E-state index contributed by atoms with van der Waals surface area (Å²) in [5, 5.41) is 8.46. The molecule has 10 rings (SSSR count). The molecule has 0 saturated heterocycles. The van der Waals surface area contributed by atoms with Crippen LogP contribution in [0.5, 0.6) is 0 Å². The van der Waals surface area contributed by atoms with E-state index >= 15 is 0 Å². The fraction of sp³-hybridized carbons (Fsp3) is 0.143. The van der Waals surface area contributed by atoms with Crippen molar-refractivity contribution in [2.24, 2.45) is 0 Å². The number of halogens is 2. The van der Waals surface area contributed by atoms with Crippen LogP contribution in [0.2, 0.25) is 0 Å². The predicted octanol–water partition coefficient (Wildman–Crippen LogP) is 7.13. The summed E-state index contributed by atoms with van der Waals surface area (Å²) in [5.74, 6) is 0.847. The van der Waals surface area contributed by atoms with Crippen molar-refractivity contribution in [3.05, 3.63) is 251 Å². The number of fused-ring (bicyclic) bond motifs is 4. The molecule has 0 bridgehead atoms. The van der Waals surface area contributed by atoms with Crippen LogP contribution >= 0.6 is 0 Å². The molecule has 0 heterocycles. The molecule has 0 saturated carbocycles. The topological polar surface area (TPSA) is 0 Å². The zero-order valence-corrected chi connectivity index (χ0v) is 40.3. The second kappa shape index (κ2) is 21.8. The minimum atomic E-state index is -0.406. The van der Waals surface area contributed by atoms with Gasteiger partial charge in [-0.2, -0.15) is 34.4 Å². The maximum atomic E-state index is 3.56. The molecule has 0 spiro atoms. The first kappa shape index (κ1) is 45.0. The molecule has 296 valence electrons. The van der Waals surface area contributed by atoms with Gasteiger partial charge in [0.15, 0.2) is 0 Å². The van der Waals surface area contributed by atoms with Gasteiger partial charge in [0.25, 0.3) is 0 Å². The molecule has 2 atom stereocenters. The van der Waals surface area contributed by atoms with Gasteiger partial charge < -0.3 is 24.8 Å². The summed E-state index contributed by atoms with van der Waals surface area (Å²) in [6, 6.07) is 52.5. The van der Waals surface area contributed by atoms with E-state index in [2.05, 4.69) is 220 Å². The van der Waals surface area contributed by atoms with Crippen molar-refractivity contribution in [3.8, 4) is 0 Å². The van der Waals surface area contributed by atoms with E-state index in [9.17, 15) is 0 Å². The fourth-order valence-corrected chi connectivity index (χ4v) is 13.4. The average molecular weight is 998 g/mol. The zero-order chi connectivity index (χ0) is 39.7. The summed E-state index contributed by atoms with van der Waals surface area (Å²) in [5.41, 5.74) is 10.5. The van der Waals surface area contributed by atoms with Gasteiger partial charge in [-0.25, -0.2) is 0 Å². The van der Waals surface area contributed by atoms with Crippen molar-refractivity contribution in [1.29, 1.82) is 0 Å². The molecule has 6 aromatic carbocycles. The summed E-state index contributed by atoms with van der Waals surface area (Å²) in [4.78, 5) is 0. The molecule has 4 aliphatic carbocycles. The van der Waals surface area contributed by atoms with Crippen LogP contribution < -0.4 is 35.2 Å². The van der Waals surface area contributed by atoms with Crippen LogP contribution in [0.4, 0.5) is 0 Å². The number of benzene rings is 6. The molecule has 6 aromatic rings. The van der Waals surface area contributed by atoms with E-state index in [-0.39, 0.29) is 24.8 Å². The van der Waals surface area contributed by atoms with E-state index in [0.29, 0.717) is 11.8 Å². The van der Waals surface area contributed by atoms with E-state index in [4.69, 9.17) is 0 Å². The quantitative estimate of drug-likeness (QED) is 0.123. The second-order valence-corrected chi connectivity index (χ2v) is 22.3. The number of hydrogen-bond donors (Lipinski definition) is 0. The molecule has 0 nitrogen and oxygen atoms in total. The molecule has 2 unspecified atom stereocenters. The third-order valence-electron chi connectivity index (χ3n) is 11.4. The van der Waals surface area contributed by atoms with E-state index in [0.717, 1.165) is 25.7 Å². The Hall–Kier alpha value is -4.57. The Labute approximate surface area is 384 Å². The van der Waals surface area contributed by atoms with Gasteiger partial charge in [-0.3, -0.25) is 0 Å². The standard InChI is InChI=1S/2C22H19.C12H10Si.2ClH.Hf/c2*1-2-16-14-18-9-4-6-12-21(22(18)15-16)20-13-7-10-17-8-3-5-11-19(17)20;1-3-7-11(8-4-1)13-12-9-5-2-6-10-12;;;/h2*3-11,13,15,21H,2,12H2,1H3;1-10H;2*1H;/q2*-1;;;;+2/p-2. The van der Waals surface area contributed by atoms with Gasteiger partial charge in [0.1, 0.15) is 0 Å². The van der Waals surface area contributed by atoms with Gasteiger partial charge >= 0.3 is 99.5 Å². The summed E-state index contributed by atoms with van der Waals surface area (Å²) in [6.45, 7) is 4.40. The maximum absolute atomic E-state index is 3.56. The summed E-state index contributed by atoms with van der Waals surface area (Å²) >= 11 is 1.27. The van der Waals surface area contributed by atoms with Crippen LogP contribution in [0.15, 0.2) is 228 Å². The molecule has 0 N–H and O–H groups in total. The zero-order valence-electron chi connectivity index (χ0n) is 34.2. The summed E-state index contributed by atoms with van der Waals surface area (Å²) < 4.78 is 0. The first-order valence-electron chi connectivity index (χ1n) is 20.7. The van der Waals surface area contributed by atoms with Crippen LogP contribution in [0.3, 0.4) is 0 Å². The molecule has 4 aliphatic rings. The van der Waals surface area contributed by atoms with Gasteiger partial charge in [0.2, 0.25) is 0 Å².